The summed E-state index contributed by atoms with van der Waals surface area (Å²) >= 11 is 0. The SMILES string of the molecule is Cn1ccc(CC(=O)NC2CCCN(CCc3ccccc3)C2)c1. The third-order valence-electron chi connectivity index (χ3n) is 4.69. The van der Waals surface area contributed by atoms with Crippen molar-refractivity contribution in [1.29, 1.82) is 0 Å². The number of nitrogens with zero attached hydrogens (tertiary/aromatic N) is 2. The zero-order chi connectivity index (χ0) is 16.8. The molecule has 3 rings (SSSR count). The van der Waals surface area contributed by atoms with Crippen molar-refractivity contribution in [1.82, 2.24) is 14.8 Å². The lowest BCUT2D eigenvalue weighted by atomic mass is 10.0. The fourth-order valence-electron chi connectivity index (χ4n) is 3.44. The average molecular weight is 325 g/mol. The third kappa shape index (κ3) is 4.96. The summed E-state index contributed by atoms with van der Waals surface area (Å²) in [6.45, 7) is 3.17. The summed E-state index contributed by atoms with van der Waals surface area (Å²) in [5.74, 6) is 0.135. The van der Waals surface area contributed by atoms with Crippen LogP contribution in [0.3, 0.4) is 0 Å². The predicted molar refractivity (Wildman–Crippen MR) is 96.9 cm³/mol. The molecular weight excluding hydrogens is 298 g/mol. The number of aryl methyl sites for hydroxylation is 1. The first-order chi connectivity index (χ1) is 11.7. The number of amides is 1. The van der Waals surface area contributed by atoms with E-state index in [0.29, 0.717) is 6.42 Å². The number of aromatic nitrogens is 1. The molecule has 0 radical (unpaired) electrons. The number of hydrogen-bond donors (Lipinski definition) is 1. The Morgan fingerprint density at radius 2 is 2.04 bits per heavy atom. The number of piperidine rings is 1. The minimum absolute atomic E-state index is 0.135. The van der Waals surface area contributed by atoms with Gasteiger partial charge in [0.25, 0.3) is 0 Å². The van der Waals surface area contributed by atoms with Gasteiger partial charge in [-0.05, 0) is 43.0 Å². The van der Waals surface area contributed by atoms with Crippen LogP contribution in [0.1, 0.15) is 24.0 Å². The second kappa shape index (κ2) is 8.15. The summed E-state index contributed by atoms with van der Waals surface area (Å²) in [4.78, 5) is 14.7. The lowest BCUT2D eigenvalue weighted by Gasteiger charge is -2.33. The number of carbonyl (C=O) groups excluding carboxylic acids is 1. The van der Waals surface area contributed by atoms with E-state index in [1.165, 1.54) is 5.56 Å². The lowest BCUT2D eigenvalue weighted by molar-refractivity contribution is -0.121. The minimum atomic E-state index is 0.135. The van der Waals surface area contributed by atoms with Crippen LogP contribution in [0.2, 0.25) is 0 Å². The predicted octanol–water partition coefficient (Wildman–Crippen LogP) is 2.39. The quantitative estimate of drug-likeness (QED) is 0.885. The van der Waals surface area contributed by atoms with Crippen molar-refractivity contribution < 1.29 is 4.79 Å². The summed E-state index contributed by atoms with van der Waals surface area (Å²) < 4.78 is 1.98. The highest BCUT2D eigenvalue weighted by molar-refractivity contribution is 5.78. The lowest BCUT2D eigenvalue weighted by Crippen LogP contribution is -2.48. The normalized spacial score (nSPS) is 18.5. The summed E-state index contributed by atoms with van der Waals surface area (Å²) in [6, 6.07) is 12.9. The minimum Gasteiger partial charge on any atom is -0.357 e. The molecule has 1 saturated heterocycles. The number of likely N-dealkylation sites (tertiary alicyclic amines) is 1. The molecule has 1 atom stereocenters. The van der Waals surface area contributed by atoms with Gasteiger partial charge in [-0.1, -0.05) is 30.3 Å². The van der Waals surface area contributed by atoms with Gasteiger partial charge in [0.2, 0.25) is 5.91 Å². The van der Waals surface area contributed by atoms with Gasteiger partial charge >= 0.3 is 0 Å². The van der Waals surface area contributed by atoms with Crippen LogP contribution < -0.4 is 5.32 Å². The van der Waals surface area contributed by atoms with Crippen LogP contribution in [0.25, 0.3) is 0 Å². The molecule has 0 saturated carbocycles. The molecule has 0 spiro atoms. The van der Waals surface area contributed by atoms with E-state index >= 15 is 0 Å². The maximum atomic E-state index is 12.2. The topological polar surface area (TPSA) is 37.3 Å². The molecule has 4 heteroatoms. The van der Waals surface area contributed by atoms with Gasteiger partial charge in [0.1, 0.15) is 0 Å². The zero-order valence-electron chi connectivity index (χ0n) is 14.4. The van der Waals surface area contributed by atoms with E-state index in [-0.39, 0.29) is 11.9 Å². The molecular formula is C20H27N3O. The summed E-state index contributed by atoms with van der Waals surface area (Å²) in [5.41, 5.74) is 2.46. The highest BCUT2D eigenvalue weighted by Crippen LogP contribution is 2.12. The van der Waals surface area contributed by atoms with Gasteiger partial charge in [0, 0.05) is 38.6 Å². The molecule has 2 heterocycles. The molecule has 0 bridgehead atoms. The first-order valence-electron chi connectivity index (χ1n) is 8.85. The van der Waals surface area contributed by atoms with Crippen molar-refractivity contribution in [3.8, 4) is 0 Å². The molecule has 1 aliphatic heterocycles. The highest BCUT2D eigenvalue weighted by Gasteiger charge is 2.21. The van der Waals surface area contributed by atoms with Gasteiger partial charge < -0.3 is 14.8 Å². The van der Waals surface area contributed by atoms with Gasteiger partial charge in [-0.2, -0.15) is 0 Å². The van der Waals surface area contributed by atoms with Crippen molar-refractivity contribution in [3.05, 3.63) is 59.9 Å². The van der Waals surface area contributed by atoms with Crippen LogP contribution in [-0.2, 0) is 24.7 Å². The standard InChI is InChI=1S/C20H27N3O/c1-22-12-9-18(15-22)14-20(24)21-19-8-5-11-23(16-19)13-10-17-6-3-2-4-7-17/h2-4,6-7,9,12,15,19H,5,8,10-11,13-14,16H2,1H3,(H,21,24). The maximum absolute atomic E-state index is 12.2. The summed E-state index contributed by atoms with van der Waals surface area (Å²) in [7, 11) is 1.98. The molecule has 1 aliphatic rings. The number of rotatable bonds is 6. The Kier molecular flexibility index (Phi) is 5.70. The highest BCUT2D eigenvalue weighted by atomic mass is 16.1. The molecule has 1 aromatic heterocycles. The fourth-order valence-corrected chi connectivity index (χ4v) is 3.44. The molecule has 1 amide bonds. The van der Waals surface area contributed by atoms with E-state index in [2.05, 4.69) is 40.5 Å². The Balaban J connectivity index is 1.44. The molecule has 0 aliphatic carbocycles. The average Bonchev–Trinajstić information content (AvgIpc) is 2.99. The Bertz CT molecular complexity index is 650. The molecule has 1 unspecified atom stereocenters. The van der Waals surface area contributed by atoms with Crippen LogP contribution >= 0.6 is 0 Å². The Morgan fingerprint density at radius 3 is 2.79 bits per heavy atom. The third-order valence-corrected chi connectivity index (χ3v) is 4.69. The molecule has 1 fully saturated rings. The Hall–Kier alpha value is -2.07. The van der Waals surface area contributed by atoms with Crippen molar-refractivity contribution >= 4 is 5.91 Å². The van der Waals surface area contributed by atoms with Gasteiger partial charge in [-0.3, -0.25) is 4.79 Å². The van der Waals surface area contributed by atoms with Gasteiger partial charge in [-0.25, -0.2) is 0 Å². The summed E-state index contributed by atoms with van der Waals surface area (Å²) in [5, 5.41) is 3.21. The molecule has 24 heavy (non-hydrogen) atoms. The van der Waals surface area contributed by atoms with E-state index in [9.17, 15) is 4.79 Å². The van der Waals surface area contributed by atoms with E-state index in [1.807, 2.05) is 30.1 Å². The second-order valence-electron chi connectivity index (χ2n) is 6.80. The Labute approximate surface area is 144 Å². The van der Waals surface area contributed by atoms with Crippen LogP contribution in [0, 0.1) is 0 Å². The molecule has 4 nitrogen and oxygen atoms in total. The summed E-state index contributed by atoms with van der Waals surface area (Å²) in [6.07, 6.45) is 7.78. The second-order valence-corrected chi connectivity index (χ2v) is 6.80. The smallest absolute Gasteiger partial charge is 0.224 e. The van der Waals surface area contributed by atoms with E-state index in [0.717, 1.165) is 44.5 Å². The van der Waals surface area contributed by atoms with Crippen molar-refractivity contribution in [2.24, 2.45) is 7.05 Å². The van der Waals surface area contributed by atoms with Crippen LogP contribution in [-0.4, -0.2) is 41.1 Å². The van der Waals surface area contributed by atoms with Crippen LogP contribution in [0.5, 0.6) is 0 Å². The number of carbonyl (C=O) groups is 1. The van der Waals surface area contributed by atoms with Crippen molar-refractivity contribution in [3.63, 3.8) is 0 Å². The van der Waals surface area contributed by atoms with Crippen molar-refractivity contribution in [2.45, 2.75) is 31.7 Å². The van der Waals surface area contributed by atoms with Gasteiger partial charge in [-0.15, -0.1) is 0 Å². The van der Waals surface area contributed by atoms with Gasteiger partial charge in [0.05, 0.1) is 6.42 Å². The molecule has 1 aromatic carbocycles. The first-order valence-corrected chi connectivity index (χ1v) is 8.85. The monoisotopic (exact) mass is 325 g/mol. The zero-order valence-corrected chi connectivity index (χ0v) is 14.4. The van der Waals surface area contributed by atoms with Crippen LogP contribution in [0.15, 0.2) is 48.8 Å². The maximum Gasteiger partial charge on any atom is 0.224 e. The Morgan fingerprint density at radius 1 is 1.21 bits per heavy atom. The molecule has 128 valence electrons. The number of nitrogens with one attached hydrogen (secondary N) is 1. The van der Waals surface area contributed by atoms with E-state index in [4.69, 9.17) is 0 Å². The van der Waals surface area contributed by atoms with Crippen molar-refractivity contribution in [2.75, 3.05) is 19.6 Å². The first kappa shape index (κ1) is 16.8. The van der Waals surface area contributed by atoms with E-state index < -0.39 is 0 Å². The molecule has 1 N–H and O–H groups in total. The number of hydrogen-bond acceptors (Lipinski definition) is 2. The van der Waals surface area contributed by atoms with E-state index in [1.54, 1.807) is 0 Å². The van der Waals surface area contributed by atoms with Crippen LogP contribution in [0.4, 0.5) is 0 Å². The fraction of sp³-hybridized carbons (Fsp3) is 0.450. The number of benzene rings is 1. The largest absolute Gasteiger partial charge is 0.357 e. The molecule has 2 aromatic rings. The van der Waals surface area contributed by atoms with Gasteiger partial charge in [0.15, 0.2) is 0 Å².